The van der Waals surface area contributed by atoms with Crippen LogP contribution in [0.5, 0.6) is 5.75 Å². The first-order chi connectivity index (χ1) is 14.6. The summed E-state index contributed by atoms with van der Waals surface area (Å²) in [7, 11) is 0. The van der Waals surface area contributed by atoms with Crippen molar-refractivity contribution in [3.05, 3.63) is 95.6 Å². The largest absolute Gasteiger partial charge is 0.489 e. The van der Waals surface area contributed by atoms with Crippen LogP contribution in [0.3, 0.4) is 0 Å². The molecule has 0 spiro atoms. The molecule has 0 atom stereocenters. The lowest BCUT2D eigenvalue weighted by molar-refractivity contribution is -0.119. The van der Waals surface area contributed by atoms with Crippen molar-refractivity contribution in [1.82, 2.24) is 0 Å². The Kier molecular flexibility index (Phi) is 7.17. The van der Waals surface area contributed by atoms with Crippen molar-refractivity contribution in [2.45, 2.75) is 13.0 Å². The minimum absolute atomic E-state index is 0.309. The van der Waals surface area contributed by atoms with Crippen LogP contribution in [0.1, 0.15) is 21.5 Å². The van der Waals surface area contributed by atoms with Crippen LogP contribution in [-0.4, -0.2) is 18.5 Å². The highest BCUT2D eigenvalue weighted by Gasteiger charge is 2.11. The van der Waals surface area contributed by atoms with E-state index >= 15 is 0 Å². The van der Waals surface area contributed by atoms with Gasteiger partial charge in [0.15, 0.2) is 6.61 Å². The van der Waals surface area contributed by atoms with E-state index in [1.165, 1.54) is 0 Å². The Morgan fingerprint density at radius 1 is 0.867 bits per heavy atom. The zero-order valence-corrected chi connectivity index (χ0v) is 16.2. The Morgan fingerprint density at radius 2 is 1.53 bits per heavy atom. The van der Waals surface area contributed by atoms with Crippen LogP contribution in [0.15, 0.2) is 78.9 Å². The number of hydrogen-bond acceptors (Lipinski definition) is 5. The third kappa shape index (κ3) is 6.21. The Labute approximate surface area is 174 Å². The van der Waals surface area contributed by atoms with Gasteiger partial charge in [-0.05, 0) is 47.5 Å². The molecule has 0 heterocycles. The van der Waals surface area contributed by atoms with Gasteiger partial charge in [-0.2, -0.15) is 5.26 Å². The van der Waals surface area contributed by atoms with E-state index in [0.29, 0.717) is 24.3 Å². The molecular formula is C24H20N2O4. The summed E-state index contributed by atoms with van der Waals surface area (Å²) < 4.78 is 10.7. The van der Waals surface area contributed by atoms with Crippen LogP contribution in [0.4, 0.5) is 5.69 Å². The number of carbonyl (C=O) groups is 2. The molecule has 0 aliphatic heterocycles. The van der Waals surface area contributed by atoms with Crippen molar-refractivity contribution in [1.29, 1.82) is 5.26 Å². The number of para-hydroxylation sites is 1. The van der Waals surface area contributed by atoms with Crippen molar-refractivity contribution in [2.75, 3.05) is 11.9 Å². The van der Waals surface area contributed by atoms with Crippen molar-refractivity contribution < 1.29 is 19.1 Å². The maximum atomic E-state index is 12.1. The average molecular weight is 400 g/mol. The molecule has 0 fully saturated rings. The van der Waals surface area contributed by atoms with E-state index < -0.39 is 18.5 Å². The summed E-state index contributed by atoms with van der Waals surface area (Å²) >= 11 is 0. The number of ether oxygens (including phenoxy) is 2. The van der Waals surface area contributed by atoms with Crippen molar-refractivity contribution in [3.8, 4) is 11.8 Å². The predicted octanol–water partition coefficient (Wildman–Crippen LogP) is 4.13. The Morgan fingerprint density at radius 3 is 2.20 bits per heavy atom. The van der Waals surface area contributed by atoms with Gasteiger partial charge in [-0.3, -0.25) is 4.79 Å². The van der Waals surface area contributed by atoms with Crippen LogP contribution < -0.4 is 10.1 Å². The molecule has 0 aliphatic rings. The van der Waals surface area contributed by atoms with Crippen molar-refractivity contribution in [3.63, 3.8) is 0 Å². The fourth-order valence-corrected chi connectivity index (χ4v) is 2.63. The van der Waals surface area contributed by atoms with E-state index in [1.54, 1.807) is 48.5 Å². The molecular weight excluding hydrogens is 380 g/mol. The van der Waals surface area contributed by atoms with E-state index in [4.69, 9.17) is 14.7 Å². The Balaban J connectivity index is 1.44. The number of amides is 1. The standard InChI is InChI=1S/C24H20N2O4/c25-15-14-18-8-12-21(13-9-18)26-23(27)17-30-24(28)20-10-6-19(7-11-20)16-29-22-4-2-1-3-5-22/h1-13H,14,16-17H2,(H,26,27). The van der Waals surface area contributed by atoms with Crippen LogP contribution >= 0.6 is 0 Å². The Hall–Kier alpha value is -4.11. The zero-order chi connectivity index (χ0) is 21.2. The quantitative estimate of drug-likeness (QED) is 0.575. The zero-order valence-electron chi connectivity index (χ0n) is 16.2. The molecule has 150 valence electrons. The lowest BCUT2D eigenvalue weighted by Crippen LogP contribution is -2.20. The van der Waals surface area contributed by atoms with Crippen LogP contribution in [-0.2, 0) is 22.6 Å². The van der Waals surface area contributed by atoms with Crippen LogP contribution in [0.25, 0.3) is 0 Å². The average Bonchev–Trinajstić information content (AvgIpc) is 2.78. The second kappa shape index (κ2) is 10.4. The molecule has 0 aliphatic carbocycles. The van der Waals surface area contributed by atoms with E-state index in [1.807, 2.05) is 30.3 Å². The molecule has 30 heavy (non-hydrogen) atoms. The van der Waals surface area contributed by atoms with Gasteiger partial charge in [0.25, 0.3) is 5.91 Å². The molecule has 0 saturated carbocycles. The van der Waals surface area contributed by atoms with Crippen molar-refractivity contribution in [2.24, 2.45) is 0 Å². The lowest BCUT2D eigenvalue weighted by atomic mass is 10.1. The van der Waals surface area contributed by atoms with Crippen molar-refractivity contribution >= 4 is 17.6 Å². The minimum Gasteiger partial charge on any atom is -0.489 e. The van der Waals surface area contributed by atoms with E-state index in [9.17, 15) is 9.59 Å². The third-order valence-corrected chi connectivity index (χ3v) is 4.19. The van der Waals surface area contributed by atoms with Gasteiger partial charge in [0, 0.05) is 5.69 Å². The van der Waals surface area contributed by atoms with E-state index in [0.717, 1.165) is 16.9 Å². The molecule has 0 aromatic heterocycles. The van der Waals surface area contributed by atoms with Crippen LogP contribution in [0, 0.1) is 11.3 Å². The highest BCUT2D eigenvalue weighted by molar-refractivity contribution is 5.95. The fraction of sp³-hybridized carbons (Fsp3) is 0.125. The molecule has 3 aromatic rings. The molecule has 3 aromatic carbocycles. The molecule has 0 saturated heterocycles. The van der Waals surface area contributed by atoms with Crippen LogP contribution in [0.2, 0.25) is 0 Å². The summed E-state index contributed by atoms with van der Waals surface area (Å²) in [4.78, 5) is 24.1. The van der Waals surface area contributed by atoms with Gasteiger partial charge in [0.05, 0.1) is 18.1 Å². The predicted molar refractivity (Wildman–Crippen MR) is 112 cm³/mol. The smallest absolute Gasteiger partial charge is 0.338 e. The SMILES string of the molecule is N#CCc1ccc(NC(=O)COC(=O)c2ccc(COc3ccccc3)cc2)cc1. The minimum atomic E-state index is -0.579. The monoisotopic (exact) mass is 400 g/mol. The number of nitrogens with zero attached hydrogens (tertiary/aromatic N) is 1. The maximum absolute atomic E-state index is 12.1. The first kappa shape index (κ1) is 20.6. The second-order valence-corrected chi connectivity index (χ2v) is 6.45. The summed E-state index contributed by atoms with van der Waals surface area (Å²) in [5, 5.41) is 11.3. The van der Waals surface area contributed by atoms with Gasteiger partial charge < -0.3 is 14.8 Å². The van der Waals surface area contributed by atoms with Gasteiger partial charge in [-0.15, -0.1) is 0 Å². The molecule has 0 radical (unpaired) electrons. The lowest BCUT2D eigenvalue weighted by Gasteiger charge is -2.08. The normalized spacial score (nSPS) is 9.97. The first-order valence-corrected chi connectivity index (χ1v) is 9.34. The van der Waals surface area contributed by atoms with E-state index in [-0.39, 0.29) is 0 Å². The van der Waals surface area contributed by atoms with Gasteiger partial charge in [-0.1, -0.05) is 42.5 Å². The number of benzene rings is 3. The number of hydrogen-bond donors (Lipinski definition) is 1. The molecule has 3 rings (SSSR count). The number of rotatable bonds is 8. The molecule has 6 nitrogen and oxygen atoms in total. The number of anilines is 1. The summed E-state index contributed by atoms with van der Waals surface area (Å²) in [5.41, 5.74) is 2.69. The molecule has 0 bridgehead atoms. The highest BCUT2D eigenvalue weighted by Crippen LogP contribution is 2.13. The molecule has 1 N–H and O–H groups in total. The maximum Gasteiger partial charge on any atom is 0.338 e. The number of carbonyl (C=O) groups excluding carboxylic acids is 2. The third-order valence-electron chi connectivity index (χ3n) is 4.19. The molecule has 0 unspecified atom stereocenters. The number of nitriles is 1. The van der Waals surface area contributed by atoms with E-state index in [2.05, 4.69) is 11.4 Å². The van der Waals surface area contributed by atoms with Gasteiger partial charge >= 0.3 is 5.97 Å². The number of nitrogens with one attached hydrogen (secondary N) is 1. The molecule has 6 heteroatoms. The Bertz CT molecular complexity index is 1020. The number of esters is 1. The summed E-state index contributed by atoms with van der Waals surface area (Å²) in [5.74, 6) is -0.249. The first-order valence-electron chi connectivity index (χ1n) is 9.34. The summed E-state index contributed by atoms with van der Waals surface area (Å²) in [6.45, 7) is -0.00739. The van der Waals surface area contributed by atoms with Gasteiger partial charge in [0.2, 0.25) is 0 Å². The molecule has 1 amide bonds. The summed E-state index contributed by atoms with van der Waals surface area (Å²) in [6.07, 6.45) is 0.309. The highest BCUT2D eigenvalue weighted by atomic mass is 16.5. The fourth-order valence-electron chi connectivity index (χ4n) is 2.63. The second-order valence-electron chi connectivity index (χ2n) is 6.45. The summed E-state index contributed by atoms with van der Waals surface area (Å²) in [6, 6.07) is 25.3. The topological polar surface area (TPSA) is 88.4 Å². The van der Waals surface area contributed by atoms with Gasteiger partial charge in [0.1, 0.15) is 12.4 Å². The van der Waals surface area contributed by atoms with Gasteiger partial charge in [-0.25, -0.2) is 4.79 Å².